The van der Waals surface area contributed by atoms with Gasteiger partial charge in [0.2, 0.25) is 5.91 Å². The summed E-state index contributed by atoms with van der Waals surface area (Å²) >= 11 is 0. The lowest BCUT2D eigenvalue weighted by Crippen LogP contribution is -2.46. The lowest BCUT2D eigenvalue weighted by molar-refractivity contribution is -0.142. The molecule has 0 aliphatic heterocycles. The van der Waals surface area contributed by atoms with Crippen LogP contribution in [0.1, 0.15) is 26.7 Å². The number of hydrogen-bond acceptors (Lipinski definition) is 4. The van der Waals surface area contributed by atoms with Crippen LogP contribution in [0.25, 0.3) is 0 Å². The normalized spacial score (nSPS) is 11.2. The molecule has 1 amide bonds. The third-order valence-electron chi connectivity index (χ3n) is 2.98. The molecule has 0 aliphatic carbocycles. The van der Waals surface area contributed by atoms with Crippen LogP contribution in [0.2, 0.25) is 0 Å². The zero-order valence-electron chi connectivity index (χ0n) is 10.5. The van der Waals surface area contributed by atoms with E-state index in [9.17, 15) is 9.59 Å². The minimum absolute atomic E-state index is 0.0936. The maximum atomic E-state index is 11.9. The van der Waals surface area contributed by atoms with Gasteiger partial charge in [-0.1, -0.05) is 13.8 Å². The van der Waals surface area contributed by atoms with Gasteiger partial charge in [0.05, 0.1) is 12.0 Å². The quantitative estimate of drug-likeness (QED) is 0.496. The van der Waals surface area contributed by atoms with E-state index in [1.807, 2.05) is 13.8 Å². The van der Waals surface area contributed by atoms with Crippen molar-refractivity contribution in [1.82, 2.24) is 5.32 Å². The van der Waals surface area contributed by atoms with Gasteiger partial charge < -0.3 is 20.9 Å². The van der Waals surface area contributed by atoms with Crippen LogP contribution < -0.4 is 11.1 Å². The van der Waals surface area contributed by atoms with Crippen molar-refractivity contribution in [2.24, 2.45) is 11.1 Å². The van der Waals surface area contributed by atoms with E-state index in [1.54, 1.807) is 0 Å². The summed E-state index contributed by atoms with van der Waals surface area (Å²) in [5.41, 5.74) is 5.11. The maximum Gasteiger partial charge on any atom is 0.329 e. The highest BCUT2D eigenvalue weighted by Gasteiger charge is 2.32. The lowest BCUT2D eigenvalue weighted by atomic mass is 9.81. The van der Waals surface area contributed by atoms with Crippen molar-refractivity contribution in [2.75, 3.05) is 26.3 Å². The number of carbonyl (C=O) groups excluding carboxylic acids is 1. The second-order valence-corrected chi connectivity index (χ2v) is 3.89. The number of nitrogens with two attached hydrogens (primary N) is 1. The molecule has 0 bridgehead atoms. The van der Waals surface area contributed by atoms with Crippen LogP contribution in [0.15, 0.2) is 0 Å². The third-order valence-corrected chi connectivity index (χ3v) is 2.98. The first-order chi connectivity index (χ1) is 8.02. The van der Waals surface area contributed by atoms with Gasteiger partial charge in [-0.3, -0.25) is 4.79 Å². The van der Waals surface area contributed by atoms with E-state index < -0.39 is 11.4 Å². The Kier molecular flexibility index (Phi) is 7.49. The number of carboxylic acid groups (broad SMARTS) is 1. The standard InChI is InChI=1S/C11H22N2O4/c1-3-11(4-2,8-12)10(16)13-5-6-17-7-9(14)15/h3-8,12H2,1-2H3,(H,13,16)(H,14,15). The van der Waals surface area contributed by atoms with E-state index >= 15 is 0 Å². The minimum atomic E-state index is -1.02. The van der Waals surface area contributed by atoms with Crippen molar-refractivity contribution in [3.8, 4) is 0 Å². The van der Waals surface area contributed by atoms with Crippen LogP contribution in [-0.2, 0) is 14.3 Å². The second-order valence-electron chi connectivity index (χ2n) is 3.89. The van der Waals surface area contributed by atoms with E-state index in [0.29, 0.717) is 25.9 Å². The molecule has 6 nitrogen and oxygen atoms in total. The summed E-state index contributed by atoms with van der Waals surface area (Å²) in [5.74, 6) is -1.11. The molecule has 0 aromatic rings. The fourth-order valence-corrected chi connectivity index (χ4v) is 1.54. The maximum absolute atomic E-state index is 11.9. The number of carbonyl (C=O) groups is 2. The molecule has 0 aromatic carbocycles. The van der Waals surface area contributed by atoms with Gasteiger partial charge in [-0.25, -0.2) is 4.79 Å². The number of nitrogens with one attached hydrogen (secondary N) is 1. The molecule has 0 spiro atoms. The van der Waals surface area contributed by atoms with Gasteiger partial charge in [0.1, 0.15) is 6.61 Å². The van der Waals surface area contributed by atoms with Crippen LogP contribution in [0.3, 0.4) is 0 Å². The van der Waals surface area contributed by atoms with Crippen LogP contribution in [0.5, 0.6) is 0 Å². The Hall–Kier alpha value is -1.14. The summed E-state index contributed by atoms with van der Waals surface area (Å²) in [7, 11) is 0. The van der Waals surface area contributed by atoms with Crippen molar-refractivity contribution in [1.29, 1.82) is 0 Å². The number of aliphatic carboxylic acids is 1. The molecular weight excluding hydrogens is 224 g/mol. The molecule has 6 heteroatoms. The zero-order valence-corrected chi connectivity index (χ0v) is 10.5. The Morgan fingerprint density at radius 3 is 2.35 bits per heavy atom. The average molecular weight is 246 g/mol. The monoisotopic (exact) mass is 246 g/mol. The van der Waals surface area contributed by atoms with Gasteiger partial charge in [0.25, 0.3) is 0 Å². The van der Waals surface area contributed by atoms with Crippen LogP contribution in [-0.4, -0.2) is 43.3 Å². The highest BCUT2D eigenvalue weighted by Crippen LogP contribution is 2.24. The largest absolute Gasteiger partial charge is 0.480 e. The third kappa shape index (κ3) is 5.14. The summed E-state index contributed by atoms with van der Waals surface area (Å²) in [5, 5.41) is 11.0. The fraction of sp³-hybridized carbons (Fsp3) is 0.818. The summed E-state index contributed by atoms with van der Waals surface area (Å²) in [4.78, 5) is 22.1. The van der Waals surface area contributed by atoms with E-state index in [1.165, 1.54) is 0 Å². The molecule has 0 radical (unpaired) electrons. The van der Waals surface area contributed by atoms with Gasteiger partial charge in [0.15, 0.2) is 0 Å². The number of ether oxygens (including phenoxy) is 1. The Morgan fingerprint density at radius 2 is 1.94 bits per heavy atom. The SMILES string of the molecule is CCC(CC)(CN)C(=O)NCCOCC(=O)O. The number of carboxylic acids is 1. The van der Waals surface area contributed by atoms with Crippen molar-refractivity contribution >= 4 is 11.9 Å². The van der Waals surface area contributed by atoms with Crippen molar-refractivity contribution < 1.29 is 19.4 Å². The summed E-state index contributed by atoms with van der Waals surface area (Å²) in [6, 6.07) is 0. The molecule has 0 saturated carbocycles. The molecular formula is C11H22N2O4. The van der Waals surface area contributed by atoms with E-state index in [4.69, 9.17) is 15.6 Å². The minimum Gasteiger partial charge on any atom is -0.480 e. The molecule has 17 heavy (non-hydrogen) atoms. The molecule has 4 N–H and O–H groups in total. The Bertz CT molecular complexity index is 244. The van der Waals surface area contributed by atoms with Gasteiger partial charge in [-0.2, -0.15) is 0 Å². The first kappa shape index (κ1) is 15.9. The molecule has 0 aromatic heterocycles. The topological polar surface area (TPSA) is 102 Å². The molecule has 0 saturated heterocycles. The van der Waals surface area contributed by atoms with Gasteiger partial charge in [-0.15, -0.1) is 0 Å². The highest BCUT2D eigenvalue weighted by molar-refractivity contribution is 5.82. The first-order valence-corrected chi connectivity index (χ1v) is 5.80. The van der Waals surface area contributed by atoms with Gasteiger partial charge in [0, 0.05) is 13.1 Å². The van der Waals surface area contributed by atoms with E-state index in [0.717, 1.165) is 0 Å². The number of amides is 1. The molecule has 0 atom stereocenters. The first-order valence-electron chi connectivity index (χ1n) is 5.80. The Labute approximate surface area is 102 Å². The zero-order chi connectivity index (χ0) is 13.3. The predicted molar refractivity (Wildman–Crippen MR) is 63.5 cm³/mol. The molecule has 0 rings (SSSR count). The van der Waals surface area contributed by atoms with E-state index in [-0.39, 0.29) is 19.1 Å². The van der Waals surface area contributed by atoms with Crippen LogP contribution in [0.4, 0.5) is 0 Å². The van der Waals surface area contributed by atoms with Gasteiger partial charge >= 0.3 is 5.97 Å². The van der Waals surface area contributed by atoms with Crippen LogP contribution >= 0.6 is 0 Å². The highest BCUT2D eigenvalue weighted by atomic mass is 16.5. The molecule has 0 unspecified atom stereocenters. The van der Waals surface area contributed by atoms with Gasteiger partial charge in [-0.05, 0) is 12.8 Å². The average Bonchev–Trinajstić information content (AvgIpc) is 2.31. The molecule has 100 valence electrons. The molecule has 0 heterocycles. The van der Waals surface area contributed by atoms with Crippen LogP contribution in [0, 0.1) is 5.41 Å². The fourth-order valence-electron chi connectivity index (χ4n) is 1.54. The summed E-state index contributed by atoms with van der Waals surface area (Å²) < 4.78 is 4.81. The predicted octanol–water partition coefficient (Wildman–Crippen LogP) is -0.0311. The number of hydrogen-bond donors (Lipinski definition) is 3. The lowest BCUT2D eigenvalue weighted by Gasteiger charge is -2.28. The Morgan fingerprint density at radius 1 is 1.35 bits per heavy atom. The molecule has 0 fully saturated rings. The number of rotatable bonds is 9. The molecule has 0 aliphatic rings. The Balaban J connectivity index is 3.95. The summed E-state index contributed by atoms with van der Waals surface area (Å²) in [6.45, 7) is 4.30. The van der Waals surface area contributed by atoms with Crippen molar-refractivity contribution in [3.05, 3.63) is 0 Å². The second kappa shape index (κ2) is 8.03. The summed E-state index contributed by atoms with van der Waals surface area (Å²) in [6.07, 6.45) is 1.36. The van der Waals surface area contributed by atoms with E-state index in [2.05, 4.69) is 5.32 Å². The van der Waals surface area contributed by atoms with Crippen molar-refractivity contribution in [2.45, 2.75) is 26.7 Å². The van der Waals surface area contributed by atoms with Crippen molar-refractivity contribution in [3.63, 3.8) is 0 Å². The smallest absolute Gasteiger partial charge is 0.329 e.